The highest BCUT2D eigenvalue weighted by Gasteiger charge is 2.32. The van der Waals surface area contributed by atoms with Crippen LogP contribution in [0.15, 0.2) is 65.0 Å². The van der Waals surface area contributed by atoms with Crippen LogP contribution in [0.5, 0.6) is 11.5 Å². The van der Waals surface area contributed by atoms with Gasteiger partial charge in [-0.05, 0) is 66.7 Å². The van der Waals surface area contributed by atoms with E-state index in [0.29, 0.717) is 40.4 Å². The molecule has 1 saturated heterocycles. The molecule has 3 rings (SSSR count). The monoisotopic (exact) mass is 438 g/mol. The van der Waals surface area contributed by atoms with Gasteiger partial charge in [-0.2, -0.15) is 0 Å². The Morgan fingerprint density at radius 3 is 2.58 bits per heavy atom. The molecule has 1 amide bonds. The van der Waals surface area contributed by atoms with E-state index >= 15 is 0 Å². The van der Waals surface area contributed by atoms with Crippen molar-refractivity contribution in [2.75, 3.05) is 20.3 Å². The van der Waals surface area contributed by atoms with Crippen LogP contribution in [0, 0.1) is 0 Å². The fourth-order valence-electron chi connectivity index (χ4n) is 2.85. The molecule has 1 aliphatic heterocycles. The molecule has 0 saturated carbocycles. The number of aliphatic imine (C=N–C) groups is 1. The maximum absolute atomic E-state index is 12.9. The van der Waals surface area contributed by atoms with Crippen LogP contribution >= 0.6 is 11.8 Å². The number of carbonyl (C=O) groups excluding carboxylic acids is 1. The molecule has 31 heavy (non-hydrogen) atoms. The van der Waals surface area contributed by atoms with E-state index in [9.17, 15) is 9.59 Å². The Bertz CT molecular complexity index is 1060. The molecule has 160 valence electrons. The van der Waals surface area contributed by atoms with Crippen LogP contribution in [0.2, 0.25) is 0 Å². The van der Waals surface area contributed by atoms with Crippen LogP contribution in [0.3, 0.4) is 0 Å². The molecule has 1 aliphatic rings. The molecule has 0 radical (unpaired) electrons. The molecule has 8 heteroatoms. The smallest absolute Gasteiger partial charge is 0.335 e. The van der Waals surface area contributed by atoms with Gasteiger partial charge in [0.15, 0.2) is 16.7 Å². The number of amidine groups is 1. The number of amides is 1. The molecule has 0 spiro atoms. The lowest BCUT2D eigenvalue weighted by molar-refractivity contribution is -0.122. The predicted octanol–water partition coefficient (Wildman–Crippen LogP) is 4.58. The van der Waals surface area contributed by atoms with Gasteiger partial charge in [-0.1, -0.05) is 18.7 Å². The van der Waals surface area contributed by atoms with Gasteiger partial charge >= 0.3 is 5.97 Å². The summed E-state index contributed by atoms with van der Waals surface area (Å²) in [5.41, 5.74) is 1.55. The quantitative estimate of drug-likeness (QED) is 0.479. The molecular weight excluding hydrogens is 416 g/mol. The highest BCUT2D eigenvalue weighted by atomic mass is 32.2. The lowest BCUT2D eigenvalue weighted by Crippen LogP contribution is -2.28. The molecule has 0 atom stereocenters. The standard InChI is InChI=1S/C23H22N2O5S/c1-4-12-30-18-11-6-15(13-19(18)29-3)14-20-21(26)25(5-2)23(31-20)24-17-9-7-16(8-10-17)22(27)28/h4,6-11,13-14H,1,5,12H2,2-3H3,(H,27,28). The molecule has 0 unspecified atom stereocenters. The van der Waals surface area contributed by atoms with Gasteiger partial charge in [0.1, 0.15) is 6.61 Å². The van der Waals surface area contributed by atoms with E-state index < -0.39 is 5.97 Å². The average molecular weight is 439 g/mol. The molecule has 2 aromatic carbocycles. The Labute approximate surface area is 184 Å². The van der Waals surface area contributed by atoms with Crippen molar-refractivity contribution in [1.82, 2.24) is 4.90 Å². The van der Waals surface area contributed by atoms with Crippen molar-refractivity contribution >= 4 is 40.6 Å². The van der Waals surface area contributed by atoms with E-state index in [0.717, 1.165) is 5.56 Å². The van der Waals surface area contributed by atoms with Crippen LogP contribution in [0.4, 0.5) is 5.69 Å². The van der Waals surface area contributed by atoms with Crippen LogP contribution in [0.25, 0.3) is 6.08 Å². The summed E-state index contributed by atoms with van der Waals surface area (Å²) in [4.78, 5) is 30.5. The number of hydrogen-bond acceptors (Lipinski definition) is 6. The average Bonchev–Trinajstić information content (AvgIpc) is 3.06. The lowest BCUT2D eigenvalue weighted by atomic mass is 10.2. The number of carboxylic acid groups (broad SMARTS) is 1. The Kier molecular flexibility index (Phi) is 7.15. The first-order valence-electron chi connectivity index (χ1n) is 9.52. The van der Waals surface area contributed by atoms with Crippen LogP contribution in [0.1, 0.15) is 22.8 Å². The molecule has 1 fully saturated rings. The molecule has 0 bridgehead atoms. The maximum atomic E-state index is 12.9. The summed E-state index contributed by atoms with van der Waals surface area (Å²) < 4.78 is 11.0. The van der Waals surface area contributed by atoms with Gasteiger partial charge in [0, 0.05) is 6.54 Å². The second-order valence-electron chi connectivity index (χ2n) is 6.42. The third-order valence-corrected chi connectivity index (χ3v) is 5.39. The summed E-state index contributed by atoms with van der Waals surface area (Å²) in [5.74, 6) is 0.0179. The molecule has 0 aliphatic carbocycles. The highest BCUT2D eigenvalue weighted by molar-refractivity contribution is 8.18. The van der Waals surface area contributed by atoms with Gasteiger partial charge < -0.3 is 14.6 Å². The predicted molar refractivity (Wildman–Crippen MR) is 122 cm³/mol. The number of benzene rings is 2. The van der Waals surface area contributed by atoms with Crippen LogP contribution in [-0.4, -0.2) is 47.3 Å². The first-order valence-corrected chi connectivity index (χ1v) is 10.3. The largest absolute Gasteiger partial charge is 0.493 e. The fraction of sp³-hybridized carbons (Fsp3) is 0.174. The van der Waals surface area contributed by atoms with E-state index in [1.165, 1.54) is 23.9 Å². The molecule has 2 aromatic rings. The topological polar surface area (TPSA) is 88.4 Å². The van der Waals surface area contributed by atoms with E-state index in [1.54, 1.807) is 48.4 Å². The molecular formula is C23H22N2O5S. The maximum Gasteiger partial charge on any atom is 0.335 e. The van der Waals surface area contributed by atoms with Crippen molar-refractivity contribution in [2.45, 2.75) is 6.92 Å². The number of carboxylic acids is 1. The highest BCUT2D eigenvalue weighted by Crippen LogP contribution is 2.35. The minimum Gasteiger partial charge on any atom is -0.493 e. The number of carbonyl (C=O) groups is 2. The second kappa shape index (κ2) is 9.99. The van der Waals surface area contributed by atoms with Crippen LogP contribution < -0.4 is 9.47 Å². The van der Waals surface area contributed by atoms with Crippen molar-refractivity contribution in [3.63, 3.8) is 0 Å². The Balaban J connectivity index is 1.87. The van der Waals surface area contributed by atoms with Gasteiger partial charge in [-0.15, -0.1) is 0 Å². The first-order chi connectivity index (χ1) is 15.0. The van der Waals surface area contributed by atoms with Crippen molar-refractivity contribution in [2.24, 2.45) is 4.99 Å². The fourth-order valence-corrected chi connectivity index (χ4v) is 3.91. The molecule has 1 heterocycles. The number of rotatable bonds is 8. The zero-order valence-corrected chi connectivity index (χ0v) is 18.0. The zero-order valence-electron chi connectivity index (χ0n) is 17.2. The third kappa shape index (κ3) is 5.16. The normalized spacial score (nSPS) is 16.1. The number of nitrogens with zero attached hydrogens (tertiary/aromatic N) is 2. The van der Waals surface area contributed by atoms with Crippen molar-refractivity contribution in [3.8, 4) is 11.5 Å². The zero-order chi connectivity index (χ0) is 22.4. The van der Waals surface area contributed by atoms with Crippen LogP contribution in [-0.2, 0) is 4.79 Å². The Morgan fingerprint density at radius 2 is 1.97 bits per heavy atom. The summed E-state index contributed by atoms with van der Waals surface area (Å²) in [6.45, 7) is 6.34. The lowest BCUT2D eigenvalue weighted by Gasteiger charge is -2.12. The molecule has 7 nitrogen and oxygen atoms in total. The molecule has 0 aromatic heterocycles. The summed E-state index contributed by atoms with van der Waals surface area (Å²) >= 11 is 1.27. The Morgan fingerprint density at radius 1 is 1.23 bits per heavy atom. The van der Waals surface area contributed by atoms with E-state index in [2.05, 4.69) is 11.6 Å². The van der Waals surface area contributed by atoms with E-state index in [1.807, 2.05) is 13.0 Å². The number of thioether (sulfide) groups is 1. The first kappa shape index (κ1) is 22.2. The van der Waals surface area contributed by atoms with Crippen molar-refractivity contribution in [3.05, 3.63) is 71.2 Å². The summed E-state index contributed by atoms with van der Waals surface area (Å²) in [6, 6.07) is 11.6. The van der Waals surface area contributed by atoms with Gasteiger partial charge in [0.2, 0.25) is 0 Å². The van der Waals surface area contributed by atoms with Gasteiger partial charge in [-0.3, -0.25) is 9.69 Å². The minimum atomic E-state index is -0.999. The van der Waals surface area contributed by atoms with E-state index in [-0.39, 0.29) is 11.5 Å². The number of aromatic carboxylic acids is 1. The summed E-state index contributed by atoms with van der Waals surface area (Å²) in [6.07, 6.45) is 3.43. The summed E-state index contributed by atoms with van der Waals surface area (Å²) in [5, 5.41) is 9.57. The third-order valence-electron chi connectivity index (χ3n) is 4.39. The van der Waals surface area contributed by atoms with Gasteiger partial charge in [-0.25, -0.2) is 9.79 Å². The van der Waals surface area contributed by atoms with Gasteiger partial charge in [0.25, 0.3) is 5.91 Å². The number of likely N-dealkylation sites (N-methyl/N-ethyl adjacent to an activating group) is 1. The second-order valence-corrected chi connectivity index (χ2v) is 7.43. The van der Waals surface area contributed by atoms with Crippen molar-refractivity contribution in [1.29, 1.82) is 0 Å². The van der Waals surface area contributed by atoms with Gasteiger partial charge in [0.05, 0.1) is 23.3 Å². The van der Waals surface area contributed by atoms with E-state index in [4.69, 9.17) is 14.6 Å². The SMILES string of the molecule is C=CCOc1ccc(C=C2SC(=Nc3ccc(C(=O)O)cc3)N(CC)C2=O)cc1OC. The van der Waals surface area contributed by atoms with Crippen molar-refractivity contribution < 1.29 is 24.2 Å². The number of hydrogen-bond donors (Lipinski definition) is 1. The Hall–Kier alpha value is -3.52. The summed E-state index contributed by atoms with van der Waals surface area (Å²) in [7, 11) is 1.56. The number of methoxy groups -OCH3 is 1. The minimum absolute atomic E-state index is 0.139. The number of ether oxygens (including phenoxy) is 2. The molecule has 1 N–H and O–H groups in total.